The number of carbonyl (C=O) groups excluding carboxylic acids is 2. The maximum Gasteiger partial charge on any atom is 0.417 e. The maximum atomic E-state index is 12.9. The number of carbonyl (C=O) groups is 2. The number of benzene rings is 1. The van der Waals surface area contributed by atoms with Crippen LogP contribution in [0.1, 0.15) is 12.5 Å². The number of hydrogen-bond acceptors (Lipinski definition) is 2. The Labute approximate surface area is 167 Å². The van der Waals surface area contributed by atoms with Gasteiger partial charge in [-0.15, -0.1) is 0 Å². The van der Waals surface area contributed by atoms with Crippen LogP contribution in [0, 0.1) is 0 Å². The predicted molar refractivity (Wildman–Crippen MR) is 99.5 cm³/mol. The molecule has 1 aromatic rings. The molecule has 1 aromatic carbocycles. The summed E-state index contributed by atoms with van der Waals surface area (Å²) in [5.74, 6) is -0.286. The zero-order chi connectivity index (χ0) is 21.1. The van der Waals surface area contributed by atoms with Crippen molar-refractivity contribution in [2.45, 2.75) is 19.1 Å². The van der Waals surface area contributed by atoms with Crippen LogP contribution in [0.25, 0.3) is 0 Å². The van der Waals surface area contributed by atoms with E-state index in [4.69, 9.17) is 11.6 Å². The molecule has 2 amide bonds. The highest BCUT2D eigenvalue weighted by Gasteiger charge is 2.34. The Hall–Kier alpha value is -1.84. The number of rotatable bonds is 5. The number of hydrogen-bond donors (Lipinski definition) is 3. The third-order valence-corrected chi connectivity index (χ3v) is 5.32. The monoisotopic (exact) mass is 422 g/mol. The van der Waals surface area contributed by atoms with Crippen LogP contribution in [0.4, 0.5) is 18.9 Å². The third kappa shape index (κ3) is 5.83. The summed E-state index contributed by atoms with van der Waals surface area (Å²) in [7, 11) is 3.45. The van der Waals surface area contributed by atoms with Crippen molar-refractivity contribution in [3.05, 3.63) is 28.8 Å². The molecule has 6 nitrogen and oxygen atoms in total. The number of quaternary nitrogens is 2. The average molecular weight is 423 g/mol. The highest BCUT2D eigenvalue weighted by molar-refractivity contribution is 6.31. The molecule has 1 saturated heterocycles. The van der Waals surface area contributed by atoms with Crippen molar-refractivity contribution in [2.24, 2.45) is 0 Å². The lowest BCUT2D eigenvalue weighted by Crippen LogP contribution is -3.30. The lowest BCUT2D eigenvalue weighted by molar-refractivity contribution is -1.01. The predicted octanol–water partition coefficient (Wildman–Crippen LogP) is -0.443. The number of anilines is 1. The van der Waals surface area contributed by atoms with Gasteiger partial charge in [-0.25, -0.2) is 0 Å². The van der Waals surface area contributed by atoms with Crippen LogP contribution in [0.3, 0.4) is 0 Å². The van der Waals surface area contributed by atoms with Crippen LogP contribution < -0.4 is 15.1 Å². The summed E-state index contributed by atoms with van der Waals surface area (Å²) >= 11 is 5.59. The molecule has 0 saturated carbocycles. The molecule has 156 valence electrons. The van der Waals surface area contributed by atoms with Crippen LogP contribution in [0.15, 0.2) is 18.2 Å². The molecule has 0 aliphatic carbocycles. The SMILES string of the molecule is C[C@@H](C(=O)N(C)C)[NH+]1CC[NH+](CC(=O)Nc2ccc(Cl)c(C(F)(F)F)c2)CC1. The van der Waals surface area contributed by atoms with Gasteiger partial charge in [0.1, 0.15) is 26.2 Å². The zero-order valence-electron chi connectivity index (χ0n) is 16.1. The summed E-state index contributed by atoms with van der Waals surface area (Å²) in [4.78, 5) is 28.1. The summed E-state index contributed by atoms with van der Waals surface area (Å²) in [5.41, 5.74) is -0.910. The Balaban J connectivity index is 1.88. The molecular weight excluding hydrogens is 397 g/mol. The highest BCUT2D eigenvalue weighted by atomic mass is 35.5. The first-order valence-corrected chi connectivity index (χ1v) is 9.42. The molecule has 1 heterocycles. The van der Waals surface area contributed by atoms with Crippen molar-refractivity contribution in [1.29, 1.82) is 0 Å². The largest absolute Gasteiger partial charge is 0.417 e. The van der Waals surface area contributed by atoms with E-state index in [1.165, 1.54) is 11.0 Å². The van der Waals surface area contributed by atoms with Gasteiger partial charge in [0.25, 0.3) is 11.8 Å². The minimum atomic E-state index is -4.58. The quantitative estimate of drug-likeness (QED) is 0.602. The Kier molecular flexibility index (Phi) is 7.30. The molecule has 0 unspecified atom stereocenters. The summed E-state index contributed by atoms with van der Waals surface area (Å²) in [5, 5.41) is 2.10. The lowest BCUT2D eigenvalue weighted by atomic mass is 10.2. The van der Waals surface area contributed by atoms with Gasteiger partial charge < -0.3 is 20.0 Å². The fourth-order valence-corrected chi connectivity index (χ4v) is 3.57. The summed E-state index contributed by atoms with van der Waals surface area (Å²) < 4.78 is 38.8. The molecule has 0 aromatic heterocycles. The topological polar surface area (TPSA) is 58.3 Å². The molecule has 1 aliphatic heterocycles. The van der Waals surface area contributed by atoms with Gasteiger partial charge in [0.15, 0.2) is 12.6 Å². The van der Waals surface area contributed by atoms with E-state index in [2.05, 4.69) is 5.32 Å². The van der Waals surface area contributed by atoms with Crippen molar-refractivity contribution in [3.8, 4) is 0 Å². The van der Waals surface area contributed by atoms with Crippen molar-refractivity contribution >= 4 is 29.1 Å². The molecule has 0 spiro atoms. The summed E-state index contributed by atoms with van der Waals surface area (Å²) in [6, 6.07) is 3.17. The van der Waals surface area contributed by atoms with Crippen LogP contribution in [-0.2, 0) is 15.8 Å². The molecular formula is C18H26ClF3N4O2+2. The second kappa shape index (κ2) is 9.11. The molecule has 1 atom stereocenters. The number of likely N-dealkylation sites (N-methyl/N-ethyl adjacent to an activating group) is 1. The lowest BCUT2D eigenvalue weighted by Gasteiger charge is -2.33. The van der Waals surface area contributed by atoms with E-state index in [0.29, 0.717) is 13.1 Å². The van der Waals surface area contributed by atoms with Crippen molar-refractivity contribution in [3.63, 3.8) is 0 Å². The molecule has 10 heteroatoms. The molecule has 3 N–H and O–H groups in total. The summed E-state index contributed by atoms with van der Waals surface area (Å²) in [6.07, 6.45) is -4.58. The standard InChI is InChI=1S/C18H24ClF3N4O2/c1-12(17(28)24(2)3)26-8-6-25(7-9-26)11-16(27)23-13-4-5-15(19)14(10-13)18(20,21)22/h4-5,10,12H,6-9,11H2,1-3H3,(H,23,27)/p+2/t12-/m0/s1. The van der Waals surface area contributed by atoms with Crippen LogP contribution in [0.5, 0.6) is 0 Å². The number of alkyl halides is 3. The molecule has 0 bridgehead atoms. The fraction of sp³-hybridized carbons (Fsp3) is 0.556. The molecule has 2 rings (SSSR count). The number of nitrogens with one attached hydrogen (secondary N) is 3. The maximum absolute atomic E-state index is 12.9. The average Bonchev–Trinajstić information content (AvgIpc) is 2.61. The van der Waals surface area contributed by atoms with Crippen molar-refractivity contribution in [1.82, 2.24) is 4.90 Å². The van der Waals surface area contributed by atoms with Gasteiger partial charge in [0.2, 0.25) is 0 Å². The van der Waals surface area contributed by atoms with E-state index in [0.717, 1.165) is 30.1 Å². The van der Waals surface area contributed by atoms with Crippen molar-refractivity contribution in [2.75, 3.05) is 52.1 Å². The van der Waals surface area contributed by atoms with Gasteiger partial charge in [-0.1, -0.05) is 11.6 Å². The molecule has 1 fully saturated rings. The van der Waals surface area contributed by atoms with E-state index in [1.807, 2.05) is 6.92 Å². The molecule has 1 aliphatic rings. The molecule has 28 heavy (non-hydrogen) atoms. The fourth-order valence-electron chi connectivity index (χ4n) is 3.35. The van der Waals surface area contributed by atoms with E-state index < -0.39 is 16.8 Å². The van der Waals surface area contributed by atoms with E-state index >= 15 is 0 Å². The number of nitrogens with zero attached hydrogens (tertiary/aromatic N) is 1. The second-order valence-electron chi connectivity index (χ2n) is 7.28. The van der Waals surface area contributed by atoms with Gasteiger partial charge >= 0.3 is 6.18 Å². The normalized spacial score (nSPS) is 21.1. The molecule has 0 radical (unpaired) electrons. The Morgan fingerprint density at radius 2 is 1.82 bits per heavy atom. The minimum absolute atomic E-state index is 0.0654. The number of halogens is 4. The Morgan fingerprint density at radius 3 is 2.36 bits per heavy atom. The van der Waals surface area contributed by atoms with Crippen LogP contribution >= 0.6 is 11.6 Å². The second-order valence-corrected chi connectivity index (χ2v) is 7.69. The first kappa shape index (κ1) is 22.4. The zero-order valence-corrected chi connectivity index (χ0v) is 16.9. The van der Waals surface area contributed by atoms with E-state index in [1.54, 1.807) is 19.0 Å². The van der Waals surface area contributed by atoms with Gasteiger partial charge in [-0.2, -0.15) is 13.2 Å². The smallest absolute Gasteiger partial charge is 0.344 e. The minimum Gasteiger partial charge on any atom is -0.344 e. The van der Waals surface area contributed by atoms with Gasteiger partial charge in [-0.05, 0) is 25.1 Å². The first-order chi connectivity index (χ1) is 13.0. The van der Waals surface area contributed by atoms with Crippen molar-refractivity contribution < 1.29 is 32.6 Å². The van der Waals surface area contributed by atoms with Gasteiger partial charge in [0.05, 0.1) is 10.6 Å². The summed E-state index contributed by atoms with van der Waals surface area (Å²) in [6.45, 7) is 4.98. The van der Waals surface area contributed by atoms with Crippen LogP contribution in [-0.4, -0.2) is 69.6 Å². The number of piperazine rings is 1. The first-order valence-electron chi connectivity index (χ1n) is 9.05. The Bertz CT molecular complexity index is 719. The Morgan fingerprint density at radius 1 is 1.21 bits per heavy atom. The van der Waals surface area contributed by atoms with Crippen LogP contribution in [0.2, 0.25) is 5.02 Å². The van der Waals surface area contributed by atoms with E-state index in [-0.39, 0.29) is 30.1 Å². The van der Waals surface area contributed by atoms with Gasteiger partial charge in [-0.3, -0.25) is 9.59 Å². The third-order valence-electron chi connectivity index (χ3n) is 4.99. The number of amides is 2. The van der Waals surface area contributed by atoms with Gasteiger partial charge in [0, 0.05) is 19.8 Å². The highest BCUT2D eigenvalue weighted by Crippen LogP contribution is 2.36. The van der Waals surface area contributed by atoms with E-state index in [9.17, 15) is 22.8 Å².